The SMILES string of the molecule is CCC(CC)(CO)Cc1ccco1. The van der Waals surface area contributed by atoms with Crippen molar-refractivity contribution in [3.05, 3.63) is 24.2 Å². The number of rotatable bonds is 5. The van der Waals surface area contributed by atoms with Crippen LogP contribution in [0.5, 0.6) is 0 Å². The molecule has 0 saturated heterocycles. The predicted molar refractivity (Wildman–Crippen MR) is 52.5 cm³/mol. The molecule has 1 N–H and O–H groups in total. The number of hydrogen-bond donors (Lipinski definition) is 1. The zero-order chi connectivity index (χ0) is 9.73. The molecule has 0 saturated carbocycles. The second-order valence-corrected chi connectivity index (χ2v) is 3.62. The Hall–Kier alpha value is -0.760. The third-order valence-electron chi connectivity index (χ3n) is 2.96. The summed E-state index contributed by atoms with van der Waals surface area (Å²) in [6.45, 7) is 4.46. The number of aliphatic hydroxyl groups is 1. The van der Waals surface area contributed by atoms with Crippen LogP contribution in [0, 0.1) is 5.41 Å². The molecule has 1 aromatic rings. The van der Waals surface area contributed by atoms with Crippen LogP contribution in [-0.2, 0) is 6.42 Å². The van der Waals surface area contributed by atoms with Gasteiger partial charge in [-0.15, -0.1) is 0 Å². The lowest BCUT2D eigenvalue weighted by Gasteiger charge is -2.28. The lowest BCUT2D eigenvalue weighted by atomic mass is 9.79. The van der Waals surface area contributed by atoms with Gasteiger partial charge in [0.15, 0.2) is 0 Å². The van der Waals surface area contributed by atoms with Gasteiger partial charge >= 0.3 is 0 Å². The Morgan fingerprint density at radius 1 is 1.38 bits per heavy atom. The number of hydrogen-bond acceptors (Lipinski definition) is 2. The predicted octanol–water partition coefficient (Wildman–Crippen LogP) is 2.62. The molecule has 1 aromatic heterocycles. The summed E-state index contributed by atoms with van der Waals surface area (Å²) in [4.78, 5) is 0. The van der Waals surface area contributed by atoms with Crippen LogP contribution in [-0.4, -0.2) is 11.7 Å². The summed E-state index contributed by atoms with van der Waals surface area (Å²) in [5, 5.41) is 9.33. The fourth-order valence-corrected chi connectivity index (χ4v) is 1.56. The van der Waals surface area contributed by atoms with Crippen molar-refractivity contribution in [3.8, 4) is 0 Å². The fourth-order valence-electron chi connectivity index (χ4n) is 1.56. The number of aliphatic hydroxyl groups excluding tert-OH is 1. The minimum Gasteiger partial charge on any atom is -0.469 e. The Kier molecular flexibility index (Phi) is 3.55. The Labute approximate surface area is 79.6 Å². The molecule has 0 fully saturated rings. The molecule has 13 heavy (non-hydrogen) atoms. The normalized spacial score (nSPS) is 11.9. The van der Waals surface area contributed by atoms with Crippen LogP contribution in [0.4, 0.5) is 0 Å². The first kappa shape index (κ1) is 10.3. The highest BCUT2D eigenvalue weighted by Crippen LogP contribution is 2.30. The van der Waals surface area contributed by atoms with E-state index in [1.165, 1.54) is 0 Å². The zero-order valence-electron chi connectivity index (χ0n) is 8.42. The first-order valence-corrected chi connectivity index (χ1v) is 4.89. The van der Waals surface area contributed by atoms with E-state index >= 15 is 0 Å². The Balaban J connectivity index is 2.67. The highest BCUT2D eigenvalue weighted by molar-refractivity contribution is 5.02. The summed E-state index contributed by atoms with van der Waals surface area (Å²) in [7, 11) is 0. The van der Waals surface area contributed by atoms with Gasteiger partial charge in [-0.1, -0.05) is 13.8 Å². The van der Waals surface area contributed by atoms with Gasteiger partial charge in [-0.2, -0.15) is 0 Å². The van der Waals surface area contributed by atoms with Gasteiger partial charge < -0.3 is 9.52 Å². The molecule has 0 bridgehead atoms. The van der Waals surface area contributed by atoms with E-state index in [-0.39, 0.29) is 12.0 Å². The molecule has 0 spiro atoms. The molecule has 2 nitrogen and oxygen atoms in total. The first-order valence-electron chi connectivity index (χ1n) is 4.89. The maximum Gasteiger partial charge on any atom is 0.104 e. The van der Waals surface area contributed by atoms with Crippen molar-refractivity contribution >= 4 is 0 Å². The molecule has 0 unspecified atom stereocenters. The van der Waals surface area contributed by atoms with Crippen molar-refractivity contribution in [3.63, 3.8) is 0 Å². The average Bonchev–Trinajstić information content (AvgIpc) is 2.67. The van der Waals surface area contributed by atoms with Crippen molar-refractivity contribution in [2.75, 3.05) is 6.61 Å². The van der Waals surface area contributed by atoms with Crippen LogP contribution in [0.3, 0.4) is 0 Å². The molecule has 0 aliphatic heterocycles. The lowest BCUT2D eigenvalue weighted by molar-refractivity contribution is 0.109. The molecular weight excluding hydrogens is 164 g/mol. The summed E-state index contributed by atoms with van der Waals surface area (Å²) in [5.41, 5.74) is 0.0118. The minimum atomic E-state index is 0.0118. The molecule has 0 amide bonds. The largest absolute Gasteiger partial charge is 0.469 e. The Bertz CT molecular complexity index is 214. The van der Waals surface area contributed by atoms with Gasteiger partial charge in [-0.3, -0.25) is 0 Å². The van der Waals surface area contributed by atoms with Gasteiger partial charge in [-0.05, 0) is 30.4 Å². The molecular formula is C11H18O2. The van der Waals surface area contributed by atoms with Crippen LogP contribution in [0.1, 0.15) is 32.4 Å². The summed E-state index contributed by atoms with van der Waals surface area (Å²) in [6, 6.07) is 3.86. The van der Waals surface area contributed by atoms with E-state index in [9.17, 15) is 5.11 Å². The second-order valence-electron chi connectivity index (χ2n) is 3.62. The Morgan fingerprint density at radius 2 is 2.08 bits per heavy atom. The first-order chi connectivity index (χ1) is 6.26. The van der Waals surface area contributed by atoms with Crippen LogP contribution < -0.4 is 0 Å². The number of furan rings is 1. The van der Waals surface area contributed by atoms with Crippen LogP contribution in [0.25, 0.3) is 0 Å². The van der Waals surface area contributed by atoms with Gasteiger partial charge in [0.2, 0.25) is 0 Å². The van der Waals surface area contributed by atoms with Gasteiger partial charge in [-0.25, -0.2) is 0 Å². The third kappa shape index (κ3) is 2.34. The van der Waals surface area contributed by atoms with Gasteiger partial charge in [0.1, 0.15) is 5.76 Å². The summed E-state index contributed by atoms with van der Waals surface area (Å²) in [6.07, 6.45) is 4.49. The summed E-state index contributed by atoms with van der Waals surface area (Å²) in [5.74, 6) is 0.970. The van der Waals surface area contributed by atoms with E-state index in [1.54, 1.807) is 6.26 Å². The molecule has 0 atom stereocenters. The Morgan fingerprint density at radius 3 is 2.46 bits per heavy atom. The van der Waals surface area contributed by atoms with E-state index in [4.69, 9.17) is 4.42 Å². The van der Waals surface area contributed by atoms with Gasteiger partial charge in [0.05, 0.1) is 6.26 Å². The van der Waals surface area contributed by atoms with Crippen molar-refractivity contribution in [1.29, 1.82) is 0 Å². The molecule has 0 aliphatic rings. The van der Waals surface area contributed by atoms with E-state index in [1.807, 2.05) is 12.1 Å². The molecule has 74 valence electrons. The maximum absolute atomic E-state index is 9.33. The van der Waals surface area contributed by atoms with Crippen LogP contribution >= 0.6 is 0 Å². The zero-order valence-corrected chi connectivity index (χ0v) is 8.42. The third-order valence-corrected chi connectivity index (χ3v) is 2.96. The van der Waals surface area contributed by atoms with E-state index in [0.717, 1.165) is 25.0 Å². The highest BCUT2D eigenvalue weighted by atomic mass is 16.3. The molecule has 0 aromatic carbocycles. The lowest BCUT2D eigenvalue weighted by Crippen LogP contribution is -2.26. The second kappa shape index (κ2) is 4.47. The van der Waals surface area contributed by atoms with Gasteiger partial charge in [0.25, 0.3) is 0 Å². The molecule has 0 aliphatic carbocycles. The van der Waals surface area contributed by atoms with Crippen LogP contribution in [0.15, 0.2) is 22.8 Å². The summed E-state index contributed by atoms with van der Waals surface area (Å²) < 4.78 is 5.28. The van der Waals surface area contributed by atoms with E-state index < -0.39 is 0 Å². The van der Waals surface area contributed by atoms with E-state index in [0.29, 0.717) is 0 Å². The minimum absolute atomic E-state index is 0.0118. The monoisotopic (exact) mass is 182 g/mol. The average molecular weight is 182 g/mol. The smallest absolute Gasteiger partial charge is 0.104 e. The maximum atomic E-state index is 9.33. The van der Waals surface area contributed by atoms with Gasteiger partial charge in [0, 0.05) is 13.0 Å². The fraction of sp³-hybridized carbons (Fsp3) is 0.636. The van der Waals surface area contributed by atoms with Crippen LogP contribution in [0.2, 0.25) is 0 Å². The van der Waals surface area contributed by atoms with E-state index in [2.05, 4.69) is 13.8 Å². The molecule has 1 rings (SSSR count). The highest BCUT2D eigenvalue weighted by Gasteiger charge is 2.26. The molecule has 2 heteroatoms. The van der Waals surface area contributed by atoms with Crippen molar-refractivity contribution in [1.82, 2.24) is 0 Å². The van der Waals surface area contributed by atoms with Crippen molar-refractivity contribution in [2.24, 2.45) is 5.41 Å². The standard InChI is InChI=1S/C11H18O2/c1-3-11(4-2,9-12)8-10-6-5-7-13-10/h5-7,12H,3-4,8-9H2,1-2H3. The topological polar surface area (TPSA) is 33.4 Å². The molecule has 1 heterocycles. The van der Waals surface area contributed by atoms with Crippen molar-refractivity contribution in [2.45, 2.75) is 33.1 Å². The summed E-state index contributed by atoms with van der Waals surface area (Å²) >= 11 is 0. The molecule has 0 radical (unpaired) electrons. The van der Waals surface area contributed by atoms with Crippen molar-refractivity contribution < 1.29 is 9.52 Å². The quantitative estimate of drug-likeness (QED) is 0.759.